The second kappa shape index (κ2) is 7.82. The van der Waals surface area contributed by atoms with Gasteiger partial charge in [-0.05, 0) is 44.0 Å². The van der Waals surface area contributed by atoms with E-state index in [-0.39, 0.29) is 29.3 Å². The summed E-state index contributed by atoms with van der Waals surface area (Å²) in [5.41, 5.74) is 0. The number of sulfone groups is 1. The fourth-order valence-corrected chi connectivity index (χ4v) is 6.04. The lowest BCUT2D eigenvalue weighted by molar-refractivity contribution is -0.135. The van der Waals surface area contributed by atoms with Gasteiger partial charge in [-0.3, -0.25) is 4.79 Å². The lowest BCUT2D eigenvalue weighted by Gasteiger charge is -2.38. The molecule has 1 saturated heterocycles. The van der Waals surface area contributed by atoms with Gasteiger partial charge in [0.25, 0.3) is 0 Å². The number of piperazine rings is 1. The lowest BCUT2D eigenvalue weighted by Crippen LogP contribution is -2.59. The first-order valence-corrected chi connectivity index (χ1v) is 10.3. The molecule has 1 saturated carbocycles. The van der Waals surface area contributed by atoms with E-state index in [2.05, 4.69) is 5.32 Å². The monoisotopic (exact) mass is 406 g/mol. The van der Waals surface area contributed by atoms with Crippen LogP contribution in [0.4, 0.5) is 0 Å². The molecule has 1 aliphatic heterocycles. The molecule has 1 atom stereocenters. The summed E-state index contributed by atoms with van der Waals surface area (Å²) in [5, 5.41) is 3.77. The van der Waals surface area contributed by atoms with Crippen molar-refractivity contribution < 1.29 is 13.2 Å². The van der Waals surface area contributed by atoms with E-state index in [0.717, 1.165) is 12.8 Å². The van der Waals surface area contributed by atoms with Gasteiger partial charge in [0.2, 0.25) is 5.91 Å². The van der Waals surface area contributed by atoms with Crippen LogP contribution in [-0.4, -0.2) is 49.6 Å². The van der Waals surface area contributed by atoms with Crippen molar-refractivity contribution in [2.24, 2.45) is 0 Å². The maximum Gasteiger partial charge on any atom is 0.244 e. The highest BCUT2D eigenvalue weighted by molar-refractivity contribution is 7.93. The zero-order valence-corrected chi connectivity index (χ0v) is 16.6. The second-order valence-electron chi connectivity index (χ2n) is 6.77. The van der Waals surface area contributed by atoms with Gasteiger partial charge in [0.1, 0.15) is 0 Å². The molecule has 2 fully saturated rings. The molecule has 2 aliphatic rings. The summed E-state index contributed by atoms with van der Waals surface area (Å²) in [5.74, 6) is -0.233. The van der Waals surface area contributed by atoms with Gasteiger partial charge in [-0.15, -0.1) is 12.4 Å². The molecule has 0 spiro atoms. The van der Waals surface area contributed by atoms with Gasteiger partial charge in [0.15, 0.2) is 14.6 Å². The molecule has 140 valence electrons. The number of amides is 1. The third kappa shape index (κ3) is 3.68. The minimum absolute atomic E-state index is 0. The zero-order valence-electron chi connectivity index (χ0n) is 14.2. The zero-order chi connectivity index (χ0) is 17.4. The molecule has 0 aromatic heterocycles. The first-order valence-electron chi connectivity index (χ1n) is 8.40. The van der Waals surface area contributed by atoms with Gasteiger partial charge in [0, 0.05) is 30.7 Å². The molecule has 1 unspecified atom stereocenters. The van der Waals surface area contributed by atoms with E-state index in [1.54, 1.807) is 17.0 Å². The van der Waals surface area contributed by atoms with E-state index in [1.165, 1.54) is 12.1 Å². The summed E-state index contributed by atoms with van der Waals surface area (Å²) in [6.45, 7) is 3.82. The fourth-order valence-electron chi connectivity index (χ4n) is 3.79. The molecule has 1 heterocycles. The van der Waals surface area contributed by atoms with Gasteiger partial charge in [-0.25, -0.2) is 8.42 Å². The molecular weight excluding hydrogens is 383 g/mol. The Kier molecular flexibility index (Phi) is 6.41. The number of nitrogens with one attached hydrogen (secondary N) is 1. The summed E-state index contributed by atoms with van der Waals surface area (Å²) in [6.07, 6.45) is 2.32. The summed E-state index contributed by atoms with van der Waals surface area (Å²) < 4.78 is 25.3. The van der Waals surface area contributed by atoms with Crippen molar-refractivity contribution in [3.63, 3.8) is 0 Å². The van der Waals surface area contributed by atoms with E-state index in [1.807, 2.05) is 6.92 Å². The van der Waals surface area contributed by atoms with Gasteiger partial charge in [0.05, 0.1) is 4.90 Å². The van der Waals surface area contributed by atoms with Crippen LogP contribution in [0.25, 0.3) is 0 Å². The molecule has 1 aromatic rings. The summed E-state index contributed by atoms with van der Waals surface area (Å²) in [7, 11) is -3.75. The Morgan fingerprint density at radius 2 is 1.84 bits per heavy atom. The molecule has 8 heteroatoms. The Morgan fingerprint density at radius 3 is 2.40 bits per heavy atom. The van der Waals surface area contributed by atoms with Crippen molar-refractivity contribution in [3.05, 3.63) is 29.3 Å². The number of nitrogens with zero attached hydrogens (tertiary/aromatic N) is 1. The van der Waals surface area contributed by atoms with Crippen LogP contribution in [-0.2, 0) is 14.6 Å². The maximum atomic E-state index is 13.3. The number of benzene rings is 1. The lowest BCUT2D eigenvalue weighted by atomic mass is 10.0. The standard InChI is InChI=1S/C17H23ClN2O3S.ClH/c1-13-12-20(11-10-19-13)16(21)17(8-2-3-9-17)24(22,23)15-6-4-14(18)5-7-15;/h4-7,13,19H,2-3,8-12H2,1H3;1H. The Labute approximate surface area is 160 Å². The Balaban J connectivity index is 0.00000225. The maximum absolute atomic E-state index is 13.3. The highest BCUT2D eigenvalue weighted by atomic mass is 35.5. The highest BCUT2D eigenvalue weighted by Gasteiger charge is 2.54. The number of halogens is 2. The first kappa shape index (κ1) is 20.5. The summed E-state index contributed by atoms with van der Waals surface area (Å²) in [6, 6.07) is 6.32. The van der Waals surface area contributed by atoms with E-state index in [9.17, 15) is 13.2 Å². The minimum atomic E-state index is -3.75. The molecule has 1 aliphatic carbocycles. The Bertz CT molecular complexity index is 716. The topological polar surface area (TPSA) is 66.5 Å². The molecule has 1 aromatic carbocycles. The average Bonchev–Trinajstić information content (AvgIpc) is 3.06. The van der Waals surface area contributed by atoms with Gasteiger partial charge >= 0.3 is 0 Å². The van der Waals surface area contributed by atoms with Crippen LogP contribution in [0, 0.1) is 0 Å². The molecular formula is C17H24Cl2N2O3S. The summed E-state index contributed by atoms with van der Waals surface area (Å²) >= 11 is 5.88. The molecule has 0 bridgehead atoms. The first-order chi connectivity index (χ1) is 11.4. The van der Waals surface area contributed by atoms with Crippen LogP contribution in [0.1, 0.15) is 32.6 Å². The van der Waals surface area contributed by atoms with Crippen LogP contribution < -0.4 is 5.32 Å². The van der Waals surface area contributed by atoms with Crippen molar-refractivity contribution in [3.8, 4) is 0 Å². The van der Waals surface area contributed by atoms with E-state index in [0.29, 0.717) is 37.5 Å². The predicted octanol–water partition coefficient (Wildman–Crippen LogP) is 2.67. The van der Waals surface area contributed by atoms with Crippen LogP contribution in [0.2, 0.25) is 5.02 Å². The largest absolute Gasteiger partial charge is 0.338 e. The number of hydrogen-bond donors (Lipinski definition) is 1. The molecule has 25 heavy (non-hydrogen) atoms. The number of hydrogen-bond acceptors (Lipinski definition) is 4. The number of carbonyl (C=O) groups excluding carboxylic acids is 1. The molecule has 3 rings (SSSR count). The van der Waals surface area contributed by atoms with Gasteiger partial charge < -0.3 is 10.2 Å². The SMILES string of the molecule is CC1CN(C(=O)C2(S(=O)(=O)c3ccc(Cl)cc3)CCCC2)CCN1.Cl. The molecule has 0 radical (unpaired) electrons. The number of rotatable bonds is 3. The molecule has 1 N–H and O–H groups in total. The minimum Gasteiger partial charge on any atom is -0.338 e. The third-order valence-electron chi connectivity index (χ3n) is 5.10. The van der Waals surface area contributed by atoms with Crippen molar-refractivity contribution in [1.29, 1.82) is 0 Å². The Morgan fingerprint density at radius 1 is 1.24 bits per heavy atom. The smallest absolute Gasteiger partial charge is 0.244 e. The molecule has 1 amide bonds. The average molecular weight is 407 g/mol. The Hall–Kier alpha value is -0.820. The fraction of sp³-hybridized carbons (Fsp3) is 0.588. The van der Waals surface area contributed by atoms with Crippen LogP contribution in [0.15, 0.2) is 29.2 Å². The van der Waals surface area contributed by atoms with Crippen molar-refractivity contribution in [1.82, 2.24) is 10.2 Å². The van der Waals surface area contributed by atoms with Crippen molar-refractivity contribution in [2.75, 3.05) is 19.6 Å². The summed E-state index contributed by atoms with van der Waals surface area (Å²) in [4.78, 5) is 15.2. The third-order valence-corrected chi connectivity index (χ3v) is 7.85. The molecule has 5 nitrogen and oxygen atoms in total. The van der Waals surface area contributed by atoms with Crippen molar-refractivity contribution in [2.45, 2.75) is 48.3 Å². The van der Waals surface area contributed by atoms with Crippen molar-refractivity contribution >= 4 is 39.8 Å². The van der Waals surface area contributed by atoms with Crippen LogP contribution >= 0.6 is 24.0 Å². The second-order valence-corrected chi connectivity index (χ2v) is 9.46. The number of carbonyl (C=O) groups is 1. The quantitative estimate of drug-likeness (QED) is 0.837. The normalized spacial score (nSPS) is 23.1. The van der Waals surface area contributed by atoms with E-state index >= 15 is 0 Å². The highest BCUT2D eigenvalue weighted by Crippen LogP contribution is 2.42. The van der Waals surface area contributed by atoms with E-state index < -0.39 is 14.6 Å². The van der Waals surface area contributed by atoms with Gasteiger partial charge in [-0.2, -0.15) is 0 Å². The van der Waals surface area contributed by atoms with Gasteiger partial charge in [-0.1, -0.05) is 24.4 Å². The van der Waals surface area contributed by atoms with E-state index in [4.69, 9.17) is 11.6 Å². The van der Waals surface area contributed by atoms with Crippen LogP contribution in [0.3, 0.4) is 0 Å². The van der Waals surface area contributed by atoms with Crippen LogP contribution in [0.5, 0.6) is 0 Å². The predicted molar refractivity (Wildman–Crippen MR) is 101 cm³/mol.